The number of terminal acetylenes is 1. The number of amides is 1. The van der Waals surface area contributed by atoms with Gasteiger partial charge in [-0.15, -0.1) is 18.9 Å². The zero-order valence-corrected chi connectivity index (χ0v) is 9.22. The van der Waals surface area contributed by atoms with Crippen LogP contribution in [0.5, 0.6) is 0 Å². The standard InChI is InChI=1S/C10H14N2O2S/c1-3-5-6-8(12-15)9(13)10(14)11-7-4-2/h1,4,8,12,15H,2,5-7H2,(H,11,14). The molecule has 0 aliphatic rings. The SMILES string of the molecule is C#CCCC(NS)C(=O)C(=O)NCC=C. The quantitative estimate of drug-likeness (QED) is 0.249. The minimum Gasteiger partial charge on any atom is -0.346 e. The fraction of sp³-hybridized carbons (Fsp3) is 0.400. The van der Waals surface area contributed by atoms with E-state index in [1.165, 1.54) is 6.08 Å². The van der Waals surface area contributed by atoms with E-state index in [-0.39, 0.29) is 6.54 Å². The Hall–Kier alpha value is -1.25. The number of hydrogen-bond donors (Lipinski definition) is 3. The Morgan fingerprint density at radius 3 is 2.73 bits per heavy atom. The first kappa shape index (κ1) is 13.8. The minimum atomic E-state index is -0.654. The van der Waals surface area contributed by atoms with Gasteiger partial charge in [-0.1, -0.05) is 18.9 Å². The Bertz CT molecular complexity index is 284. The molecule has 4 nitrogen and oxygen atoms in total. The molecule has 0 radical (unpaired) electrons. The van der Waals surface area contributed by atoms with E-state index in [0.29, 0.717) is 12.8 Å². The average Bonchev–Trinajstić information content (AvgIpc) is 2.26. The highest BCUT2D eigenvalue weighted by Gasteiger charge is 2.22. The summed E-state index contributed by atoms with van der Waals surface area (Å²) in [7, 11) is 0. The molecule has 15 heavy (non-hydrogen) atoms. The molecule has 0 fully saturated rings. The second kappa shape index (κ2) is 8.09. The smallest absolute Gasteiger partial charge is 0.289 e. The van der Waals surface area contributed by atoms with Crippen LogP contribution in [0.1, 0.15) is 12.8 Å². The van der Waals surface area contributed by atoms with Gasteiger partial charge < -0.3 is 5.32 Å². The third-order valence-electron chi connectivity index (χ3n) is 1.68. The average molecular weight is 226 g/mol. The Morgan fingerprint density at radius 2 is 2.27 bits per heavy atom. The minimum absolute atomic E-state index is 0.263. The monoisotopic (exact) mass is 226 g/mol. The van der Waals surface area contributed by atoms with Crippen molar-refractivity contribution in [3.05, 3.63) is 12.7 Å². The van der Waals surface area contributed by atoms with Crippen LogP contribution in [0.2, 0.25) is 0 Å². The zero-order chi connectivity index (χ0) is 11.7. The predicted octanol–water partition coefficient (Wildman–Crippen LogP) is 0.0741. The van der Waals surface area contributed by atoms with Crippen LogP contribution in [0.25, 0.3) is 0 Å². The van der Waals surface area contributed by atoms with E-state index < -0.39 is 17.7 Å². The lowest BCUT2D eigenvalue weighted by Crippen LogP contribution is -2.42. The second-order valence-corrected chi connectivity index (χ2v) is 3.05. The van der Waals surface area contributed by atoms with Crippen molar-refractivity contribution in [2.75, 3.05) is 6.54 Å². The molecular weight excluding hydrogens is 212 g/mol. The highest BCUT2D eigenvalue weighted by Crippen LogP contribution is 1.99. The molecule has 5 heteroatoms. The van der Waals surface area contributed by atoms with Crippen LogP contribution >= 0.6 is 12.8 Å². The van der Waals surface area contributed by atoms with Crippen molar-refractivity contribution >= 4 is 24.5 Å². The largest absolute Gasteiger partial charge is 0.346 e. The fourth-order valence-electron chi connectivity index (χ4n) is 0.892. The van der Waals surface area contributed by atoms with Crippen LogP contribution in [0.4, 0.5) is 0 Å². The highest BCUT2D eigenvalue weighted by molar-refractivity contribution is 7.78. The molecule has 1 unspecified atom stereocenters. The van der Waals surface area contributed by atoms with E-state index in [4.69, 9.17) is 6.42 Å². The van der Waals surface area contributed by atoms with Gasteiger partial charge in [0.05, 0.1) is 6.04 Å². The normalized spacial score (nSPS) is 11.2. The molecule has 0 aromatic rings. The number of carbonyl (C=O) groups is 2. The Morgan fingerprint density at radius 1 is 1.60 bits per heavy atom. The summed E-state index contributed by atoms with van der Waals surface area (Å²) >= 11 is 3.77. The van der Waals surface area contributed by atoms with Crippen molar-refractivity contribution in [1.82, 2.24) is 10.0 Å². The van der Waals surface area contributed by atoms with Gasteiger partial charge in [0.1, 0.15) is 0 Å². The van der Waals surface area contributed by atoms with E-state index in [1.54, 1.807) is 0 Å². The number of rotatable bonds is 7. The molecule has 0 aliphatic heterocycles. The molecule has 0 rings (SSSR count). The highest BCUT2D eigenvalue weighted by atomic mass is 32.1. The van der Waals surface area contributed by atoms with Gasteiger partial charge in [0, 0.05) is 13.0 Å². The predicted molar refractivity (Wildman–Crippen MR) is 62.2 cm³/mol. The Balaban J connectivity index is 4.19. The summed E-state index contributed by atoms with van der Waals surface area (Å²) in [5.74, 6) is 1.17. The van der Waals surface area contributed by atoms with E-state index >= 15 is 0 Å². The Kier molecular flexibility index (Phi) is 7.42. The first-order valence-corrected chi connectivity index (χ1v) is 4.88. The summed E-state index contributed by atoms with van der Waals surface area (Å²) in [4.78, 5) is 22.7. The number of hydrogen-bond acceptors (Lipinski definition) is 4. The molecule has 0 bridgehead atoms. The lowest BCUT2D eigenvalue weighted by Gasteiger charge is -2.11. The van der Waals surface area contributed by atoms with Gasteiger partial charge in [-0.2, -0.15) is 0 Å². The number of carbonyl (C=O) groups excluding carboxylic acids is 2. The van der Waals surface area contributed by atoms with Crippen LogP contribution in [0, 0.1) is 12.3 Å². The molecule has 0 aliphatic carbocycles. The van der Waals surface area contributed by atoms with E-state index in [2.05, 4.69) is 35.4 Å². The third-order valence-corrected chi connectivity index (χ3v) is 1.99. The van der Waals surface area contributed by atoms with Crippen molar-refractivity contribution < 1.29 is 9.59 Å². The van der Waals surface area contributed by atoms with Crippen molar-refractivity contribution in [3.63, 3.8) is 0 Å². The first-order chi connectivity index (χ1) is 7.17. The summed E-state index contributed by atoms with van der Waals surface area (Å²) < 4.78 is 2.46. The van der Waals surface area contributed by atoms with Crippen LogP contribution in [0.15, 0.2) is 12.7 Å². The van der Waals surface area contributed by atoms with Crippen LogP contribution in [-0.2, 0) is 9.59 Å². The van der Waals surface area contributed by atoms with E-state index in [9.17, 15) is 9.59 Å². The zero-order valence-electron chi connectivity index (χ0n) is 8.32. The summed E-state index contributed by atoms with van der Waals surface area (Å²) in [6.07, 6.45) is 7.36. The van der Waals surface area contributed by atoms with Gasteiger partial charge in [-0.05, 0) is 6.42 Å². The van der Waals surface area contributed by atoms with Crippen LogP contribution < -0.4 is 10.0 Å². The summed E-state index contributed by atoms with van der Waals surface area (Å²) in [6.45, 7) is 3.69. The topological polar surface area (TPSA) is 58.2 Å². The van der Waals surface area contributed by atoms with Crippen molar-refractivity contribution in [2.45, 2.75) is 18.9 Å². The van der Waals surface area contributed by atoms with Gasteiger partial charge in [-0.25, -0.2) is 0 Å². The van der Waals surface area contributed by atoms with Crippen LogP contribution in [0.3, 0.4) is 0 Å². The number of nitrogens with one attached hydrogen (secondary N) is 2. The maximum atomic E-state index is 11.5. The van der Waals surface area contributed by atoms with Crippen LogP contribution in [-0.4, -0.2) is 24.3 Å². The van der Waals surface area contributed by atoms with Gasteiger partial charge in [-0.3, -0.25) is 14.3 Å². The van der Waals surface area contributed by atoms with Crippen molar-refractivity contribution in [3.8, 4) is 12.3 Å². The van der Waals surface area contributed by atoms with Crippen molar-refractivity contribution in [1.29, 1.82) is 0 Å². The summed E-state index contributed by atoms with van der Waals surface area (Å²) in [5, 5.41) is 2.39. The van der Waals surface area contributed by atoms with Gasteiger partial charge in [0.2, 0.25) is 5.78 Å². The number of ketones is 1. The molecule has 1 atom stereocenters. The molecule has 0 aromatic heterocycles. The van der Waals surface area contributed by atoms with E-state index in [0.717, 1.165) is 0 Å². The van der Waals surface area contributed by atoms with Crippen molar-refractivity contribution in [2.24, 2.45) is 0 Å². The molecule has 0 heterocycles. The molecule has 1 amide bonds. The molecule has 0 spiro atoms. The molecule has 0 saturated heterocycles. The molecular formula is C10H14N2O2S. The number of thiol groups is 1. The summed E-state index contributed by atoms with van der Waals surface area (Å²) in [6, 6.07) is -0.644. The Labute approximate surface area is 95.0 Å². The summed E-state index contributed by atoms with van der Waals surface area (Å²) in [5.41, 5.74) is 0. The molecule has 0 saturated carbocycles. The molecule has 0 aromatic carbocycles. The second-order valence-electron chi connectivity index (χ2n) is 2.79. The lowest BCUT2D eigenvalue weighted by atomic mass is 10.1. The molecule has 2 N–H and O–H groups in total. The first-order valence-electron chi connectivity index (χ1n) is 4.43. The third kappa shape index (κ3) is 5.25. The van der Waals surface area contributed by atoms with E-state index in [1.807, 2.05) is 0 Å². The fourth-order valence-corrected chi connectivity index (χ4v) is 1.14. The maximum absolute atomic E-state index is 11.5. The van der Waals surface area contributed by atoms with Gasteiger partial charge >= 0.3 is 0 Å². The lowest BCUT2D eigenvalue weighted by molar-refractivity contribution is -0.138. The number of Topliss-reactive ketones (excluding diaryl/α,β-unsaturated/α-hetero) is 1. The van der Waals surface area contributed by atoms with Gasteiger partial charge in [0.25, 0.3) is 5.91 Å². The molecule has 82 valence electrons. The maximum Gasteiger partial charge on any atom is 0.289 e. The van der Waals surface area contributed by atoms with Gasteiger partial charge in [0.15, 0.2) is 0 Å².